The van der Waals surface area contributed by atoms with Gasteiger partial charge in [0, 0.05) is 18.7 Å². The summed E-state index contributed by atoms with van der Waals surface area (Å²) < 4.78 is 28.3. The van der Waals surface area contributed by atoms with Gasteiger partial charge >= 0.3 is 0 Å². The fraction of sp³-hybridized carbons (Fsp3) is 0.154. The standard InChI is InChI=1S/C13H11F2N3O2/c1-8(19)17-13(20)12-6-18(7-16-12)5-9-10(14)3-2-4-11(9)15/h2-4,6-7H,5H2,1H3,(H,17,19,20). The van der Waals surface area contributed by atoms with Crippen molar-refractivity contribution in [1.82, 2.24) is 14.9 Å². The highest BCUT2D eigenvalue weighted by Crippen LogP contribution is 2.13. The van der Waals surface area contributed by atoms with Crippen LogP contribution in [0, 0.1) is 11.6 Å². The van der Waals surface area contributed by atoms with Crippen molar-refractivity contribution >= 4 is 11.8 Å². The number of halogens is 2. The van der Waals surface area contributed by atoms with Crippen LogP contribution in [0.4, 0.5) is 8.78 Å². The van der Waals surface area contributed by atoms with E-state index in [-0.39, 0.29) is 17.8 Å². The Balaban J connectivity index is 2.18. The third kappa shape index (κ3) is 3.05. The lowest BCUT2D eigenvalue weighted by Crippen LogP contribution is -2.28. The van der Waals surface area contributed by atoms with Gasteiger partial charge in [-0.3, -0.25) is 14.9 Å². The van der Waals surface area contributed by atoms with E-state index in [2.05, 4.69) is 10.3 Å². The molecule has 0 saturated heterocycles. The lowest BCUT2D eigenvalue weighted by Gasteiger charge is -2.05. The Bertz CT molecular complexity index is 647. The van der Waals surface area contributed by atoms with Gasteiger partial charge in [-0.15, -0.1) is 0 Å². The van der Waals surface area contributed by atoms with Gasteiger partial charge in [0.2, 0.25) is 5.91 Å². The molecule has 1 aromatic heterocycles. The van der Waals surface area contributed by atoms with Gasteiger partial charge < -0.3 is 4.57 Å². The molecule has 104 valence electrons. The van der Waals surface area contributed by atoms with E-state index in [0.717, 1.165) is 12.1 Å². The number of aromatic nitrogens is 2. The zero-order valence-corrected chi connectivity index (χ0v) is 10.6. The second-order valence-electron chi connectivity index (χ2n) is 4.14. The summed E-state index contributed by atoms with van der Waals surface area (Å²) in [6.45, 7) is 1.10. The maximum Gasteiger partial charge on any atom is 0.278 e. The van der Waals surface area contributed by atoms with E-state index >= 15 is 0 Å². The van der Waals surface area contributed by atoms with E-state index in [0.29, 0.717) is 0 Å². The normalized spacial score (nSPS) is 10.3. The number of hydrogen-bond donors (Lipinski definition) is 1. The molecule has 0 aliphatic heterocycles. The quantitative estimate of drug-likeness (QED) is 0.925. The molecular formula is C13H11F2N3O2. The molecule has 0 bridgehead atoms. The lowest BCUT2D eigenvalue weighted by molar-refractivity contribution is -0.118. The molecule has 1 N–H and O–H groups in total. The minimum atomic E-state index is -0.673. The van der Waals surface area contributed by atoms with Crippen LogP contribution in [0.3, 0.4) is 0 Å². The van der Waals surface area contributed by atoms with Crippen molar-refractivity contribution in [3.8, 4) is 0 Å². The molecule has 1 heterocycles. The molecule has 20 heavy (non-hydrogen) atoms. The van der Waals surface area contributed by atoms with Gasteiger partial charge in [0.1, 0.15) is 17.3 Å². The van der Waals surface area contributed by atoms with Crippen molar-refractivity contribution < 1.29 is 18.4 Å². The van der Waals surface area contributed by atoms with E-state index in [9.17, 15) is 18.4 Å². The number of benzene rings is 1. The van der Waals surface area contributed by atoms with Crippen LogP contribution in [0.2, 0.25) is 0 Å². The van der Waals surface area contributed by atoms with Gasteiger partial charge in [-0.25, -0.2) is 13.8 Å². The highest BCUT2D eigenvalue weighted by molar-refractivity contribution is 6.02. The smallest absolute Gasteiger partial charge is 0.278 e. The number of carbonyl (C=O) groups is 2. The zero-order chi connectivity index (χ0) is 14.7. The SMILES string of the molecule is CC(=O)NC(=O)c1cn(Cc2c(F)cccc2F)cn1. The van der Waals surface area contributed by atoms with Crippen molar-refractivity contribution in [2.24, 2.45) is 0 Å². The minimum Gasteiger partial charge on any atom is -0.332 e. The first-order chi connectivity index (χ1) is 9.47. The zero-order valence-electron chi connectivity index (χ0n) is 10.6. The molecule has 1 aromatic carbocycles. The molecule has 2 rings (SSSR count). The van der Waals surface area contributed by atoms with Crippen molar-refractivity contribution in [3.63, 3.8) is 0 Å². The van der Waals surface area contributed by atoms with Crippen LogP contribution < -0.4 is 5.32 Å². The highest BCUT2D eigenvalue weighted by atomic mass is 19.1. The van der Waals surface area contributed by atoms with E-state index in [1.54, 1.807) is 0 Å². The van der Waals surface area contributed by atoms with Crippen LogP contribution in [0.5, 0.6) is 0 Å². The first-order valence-corrected chi connectivity index (χ1v) is 5.74. The molecule has 0 unspecified atom stereocenters. The Hall–Kier alpha value is -2.57. The Morgan fingerprint density at radius 3 is 2.55 bits per heavy atom. The molecular weight excluding hydrogens is 268 g/mol. The number of imide groups is 1. The molecule has 0 radical (unpaired) electrons. The Morgan fingerprint density at radius 2 is 1.95 bits per heavy atom. The lowest BCUT2D eigenvalue weighted by atomic mass is 10.2. The summed E-state index contributed by atoms with van der Waals surface area (Å²) in [4.78, 5) is 26.0. The molecule has 2 aromatic rings. The van der Waals surface area contributed by atoms with E-state index in [1.807, 2.05) is 0 Å². The maximum atomic E-state index is 13.5. The van der Waals surface area contributed by atoms with Gasteiger partial charge in [0.05, 0.1) is 12.9 Å². The molecule has 0 saturated carbocycles. The number of carbonyl (C=O) groups excluding carboxylic acids is 2. The molecule has 0 spiro atoms. The second kappa shape index (κ2) is 5.60. The van der Waals surface area contributed by atoms with E-state index in [1.165, 1.54) is 30.1 Å². The fourth-order valence-corrected chi connectivity index (χ4v) is 1.65. The number of amides is 2. The number of imidazole rings is 1. The van der Waals surface area contributed by atoms with Crippen molar-refractivity contribution in [2.45, 2.75) is 13.5 Å². The summed E-state index contributed by atoms with van der Waals surface area (Å²) in [7, 11) is 0. The molecule has 0 atom stereocenters. The van der Waals surface area contributed by atoms with Gasteiger partial charge in [-0.1, -0.05) is 6.07 Å². The summed E-state index contributed by atoms with van der Waals surface area (Å²) >= 11 is 0. The summed E-state index contributed by atoms with van der Waals surface area (Å²) in [5, 5.41) is 2.06. The highest BCUT2D eigenvalue weighted by Gasteiger charge is 2.13. The predicted octanol–water partition coefficient (Wildman–Crippen LogP) is 1.49. The van der Waals surface area contributed by atoms with E-state index in [4.69, 9.17) is 0 Å². The molecule has 5 nitrogen and oxygen atoms in total. The number of hydrogen-bond acceptors (Lipinski definition) is 3. The minimum absolute atomic E-state index is 0.00283. The molecule has 7 heteroatoms. The first kappa shape index (κ1) is 13.9. The van der Waals surface area contributed by atoms with Crippen molar-refractivity contribution in [1.29, 1.82) is 0 Å². The number of nitrogens with zero attached hydrogens (tertiary/aromatic N) is 2. The summed E-state index contributed by atoms with van der Waals surface area (Å²) in [5.74, 6) is -2.52. The average Bonchev–Trinajstić information content (AvgIpc) is 2.82. The average molecular weight is 279 g/mol. The van der Waals surface area contributed by atoms with Gasteiger partial charge in [-0.2, -0.15) is 0 Å². The summed E-state index contributed by atoms with van der Waals surface area (Å²) in [5.41, 5.74) is -0.125. The molecule has 0 aliphatic carbocycles. The van der Waals surface area contributed by atoms with E-state index < -0.39 is 23.4 Å². The summed E-state index contributed by atoms with van der Waals surface area (Å²) in [6, 6.07) is 3.57. The first-order valence-electron chi connectivity index (χ1n) is 5.74. The van der Waals surface area contributed by atoms with Crippen LogP contribution in [0.15, 0.2) is 30.7 Å². The number of nitrogens with one attached hydrogen (secondary N) is 1. The predicted molar refractivity (Wildman–Crippen MR) is 65.8 cm³/mol. The van der Waals surface area contributed by atoms with Crippen LogP contribution in [0.25, 0.3) is 0 Å². The van der Waals surface area contributed by atoms with Gasteiger partial charge in [0.25, 0.3) is 5.91 Å². The van der Waals surface area contributed by atoms with Crippen LogP contribution >= 0.6 is 0 Å². The second-order valence-corrected chi connectivity index (χ2v) is 4.14. The Morgan fingerprint density at radius 1 is 1.30 bits per heavy atom. The van der Waals surface area contributed by atoms with Crippen LogP contribution in [-0.2, 0) is 11.3 Å². The van der Waals surface area contributed by atoms with Gasteiger partial charge in [-0.05, 0) is 12.1 Å². The maximum absolute atomic E-state index is 13.5. The molecule has 2 amide bonds. The Kier molecular flexibility index (Phi) is 3.88. The largest absolute Gasteiger partial charge is 0.332 e. The third-order valence-electron chi connectivity index (χ3n) is 2.56. The van der Waals surface area contributed by atoms with Gasteiger partial charge in [0.15, 0.2) is 0 Å². The third-order valence-corrected chi connectivity index (χ3v) is 2.56. The molecule has 0 aliphatic rings. The molecule has 0 fully saturated rings. The van der Waals surface area contributed by atoms with Crippen molar-refractivity contribution in [2.75, 3.05) is 0 Å². The fourth-order valence-electron chi connectivity index (χ4n) is 1.65. The van der Waals surface area contributed by atoms with Crippen molar-refractivity contribution in [3.05, 3.63) is 53.6 Å². The van der Waals surface area contributed by atoms with Crippen LogP contribution in [-0.4, -0.2) is 21.4 Å². The monoisotopic (exact) mass is 279 g/mol. The topological polar surface area (TPSA) is 64.0 Å². The summed E-state index contributed by atoms with van der Waals surface area (Å²) in [6.07, 6.45) is 2.57. The van der Waals surface area contributed by atoms with Crippen LogP contribution in [0.1, 0.15) is 23.0 Å². The number of rotatable bonds is 3. The Labute approximate surface area is 113 Å².